The van der Waals surface area contributed by atoms with Gasteiger partial charge in [-0.1, -0.05) is 24.8 Å². The van der Waals surface area contributed by atoms with E-state index < -0.39 is 8.25 Å². The molecule has 0 rings (SSSR count). The Balaban J connectivity index is 3.19. The fourth-order valence-electron chi connectivity index (χ4n) is 0.259. The molecule has 9 heavy (non-hydrogen) atoms. The Morgan fingerprint density at radius 1 is 1.78 bits per heavy atom. The average molecular weight is 147 g/mol. The SMILES string of the molecule is C=CC=CCO[P+](=O)O. The molecule has 0 aromatic carbocycles. The molecule has 0 saturated heterocycles. The number of hydrogen-bond acceptors (Lipinski definition) is 2. The van der Waals surface area contributed by atoms with Crippen LogP contribution >= 0.6 is 8.25 Å². The van der Waals surface area contributed by atoms with Crippen LogP contribution in [0.15, 0.2) is 24.8 Å². The summed E-state index contributed by atoms with van der Waals surface area (Å²) in [6.07, 6.45) is 4.79. The van der Waals surface area contributed by atoms with Gasteiger partial charge in [-0.05, 0) is 0 Å². The number of hydrogen-bond donors (Lipinski definition) is 1. The molecule has 0 bridgehead atoms. The van der Waals surface area contributed by atoms with Gasteiger partial charge in [0.05, 0.1) is 0 Å². The Morgan fingerprint density at radius 3 is 2.89 bits per heavy atom. The van der Waals surface area contributed by atoms with Crippen molar-refractivity contribution in [3.63, 3.8) is 0 Å². The van der Waals surface area contributed by atoms with Crippen LogP contribution in [0.5, 0.6) is 0 Å². The lowest BCUT2D eigenvalue weighted by atomic mass is 10.5. The molecule has 0 heterocycles. The summed E-state index contributed by atoms with van der Waals surface area (Å²) in [6, 6.07) is 0. The minimum absolute atomic E-state index is 0.151. The van der Waals surface area contributed by atoms with Crippen molar-refractivity contribution in [3.8, 4) is 0 Å². The van der Waals surface area contributed by atoms with Crippen LogP contribution in [0.3, 0.4) is 0 Å². The third-order valence-corrected chi connectivity index (χ3v) is 0.923. The van der Waals surface area contributed by atoms with E-state index in [0.29, 0.717) is 0 Å². The first-order valence-electron chi connectivity index (χ1n) is 2.34. The molecule has 3 nitrogen and oxygen atoms in total. The largest absolute Gasteiger partial charge is 0.695 e. The second-order valence-electron chi connectivity index (χ2n) is 1.20. The van der Waals surface area contributed by atoms with Crippen LogP contribution in [0.25, 0.3) is 0 Å². The topological polar surface area (TPSA) is 46.5 Å². The Hall–Kier alpha value is -0.500. The van der Waals surface area contributed by atoms with Gasteiger partial charge in [0.1, 0.15) is 6.61 Å². The normalized spacial score (nSPS) is 11.9. The Bertz CT molecular complexity index is 130. The van der Waals surface area contributed by atoms with Crippen LogP contribution in [0.4, 0.5) is 0 Å². The summed E-state index contributed by atoms with van der Waals surface area (Å²) >= 11 is 0. The van der Waals surface area contributed by atoms with E-state index in [0.717, 1.165) is 0 Å². The second kappa shape index (κ2) is 5.63. The fourth-order valence-corrected chi connectivity index (χ4v) is 0.472. The average Bonchev–Trinajstić information content (AvgIpc) is 1.80. The van der Waals surface area contributed by atoms with Crippen molar-refractivity contribution in [1.82, 2.24) is 0 Å². The van der Waals surface area contributed by atoms with Crippen LogP contribution in [0.1, 0.15) is 0 Å². The summed E-state index contributed by atoms with van der Waals surface area (Å²) in [6.45, 7) is 3.55. The van der Waals surface area contributed by atoms with Crippen molar-refractivity contribution in [2.75, 3.05) is 6.61 Å². The van der Waals surface area contributed by atoms with Crippen LogP contribution in [0.2, 0.25) is 0 Å². The smallest absolute Gasteiger partial charge is 0.133 e. The van der Waals surface area contributed by atoms with Crippen molar-refractivity contribution < 1.29 is 14.0 Å². The van der Waals surface area contributed by atoms with Gasteiger partial charge in [-0.15, -0.1) is 9.42 Å². The molecule has 1 atom stereocenters. The molecule has 0 aliphatic rings. The molecule has 50 valence electrons. The fraction of sp³-hybridized carbons (Fsp3) is 0.200. The molecule has 4 heteroatoms. The van der Waals surface area contributed by atoms with Crippen molar-refractivity contribution in [3.05, 3.63) is 24.8 Å². The third-order valence-electron chi connectivity index (χ3n) is 0.553. The highest BCUT2D eigenvalue weighted by molar-refractivity contribution is 7.32. The summed E-state index contributed by atoms with van der Waals surface area (Å²) < 4.78 is 14.1. The van der Waals surface area contributed by atoms with Gasteiger partial charge in [0.25, 0.3) is 0 Å². The first-order chi connectivity index (χ1) is 4.27. The van der Waals surface area contributed by atoms with E-state index in [2.05, 4.69) is 11.1 Å². The zero-order valence-corrected chi connectivity index (χ0v) is 5.75. The van der Waals surface area contributed by atoms with E-state index >= 15 is 0 Å². The zero-order chi connectivity index (χ0) is 7.11. The summed E-state index contributed by atoms with van der Waals surface area (Å²) in [7, 11) is -2.45. The van der Waals surface area contributed by atoms with Gasteiger partial charge in [0.15, 0.2) is 0 Å². The molecular weight excluding hydrogens is 139 g/mol. The Labute approximate surface area is 54.6 Å². The van der Waals surface area contributed by atoms with Crippen molar-refractivity contribution in [1.29, 1.82) is 0 Å². The summed E-state index contributed by atoms with van der Waals surface area (Å²) in [4.78, 5) is 8.08. The number of rotatable bonds is 4. The molecule has 0 aliphatic heterocycles. The first kappa shape index (κ1) is 8.50. The van der Waals surface area contributed by atoms with Crippen molar-refractivity contribution >= 4 is 8.25 Å². The van der Waals surface area contributed by atoms with E-state index in [-0.39, 0.29) is 6.61 Å². The lowest BCUT2D eigenvalue weighted by Gasteiger charge is -1.75. The molecule has 0 aromatic heterocycles. The lowest BCUT2D eigenvalue weighted by molar-refractivity contribution is 0.312. The molecule has 1 unspecified atom stereocenters. The summed E-state index contributed by atoms with van der Waals surface area (Å²) in [5.74, 6) is 0. The molecule has 0 amide bonds. The quantitative estimate of drug-likeness (QED) is 0.482. The standard InChI is InChI=1S/C5H7O3P/c1-2-3-4-5-8-9(6)7/h2-4H,1,5H2/p+1. The predicted molar refractivity (Wildman–Crippen MR) is 35.1 cm³/mol. The van der Waals surface area contributed by atoms with Gasteiger partial charge in [-0.25, -0.2) is 0 Å². The van der Waals surface area contributed by atoms with E-state index in [1.54, 1.807) is 18.2 Å². The maximum Gasteiger partial charge on any atom is 0.695 e. The Kier molecular flexibility index (Phi) is 5.32. The summed E-state index contributed by atoms with van der Waals surface area (Å²) in [5.41, 5.74) is 0. The monoisotopic (exact) mass is 147 g/mol. The van der Waals surface area contributed by atoms with Gasteiger partial charge in [0.2, 0.25) is 0 Å². The van der Waals surface area contributed by atoms with Gasteiger partial charge >= 0.3 is 8.25 Å². The lowest BCUT2D eigenvalue weighted by Crippen LogP contribution is -1.77. The molecule has 0 radical (unpaired) electrons. The molecule has 0 spiro atoms. The van der Waals surface area contributed by atoms with Crippen LogP contribution < -0.4 is 0 Å². The minimum atomic E-state index is -2.45. The van der Waals surface area contributed by atoms with Gasteiger partial charge in [-0.3, -0.25) is 0 Å². The van der Waals surface area contributed by atoms with Gasteiger partial charge in [-0.2, -0.15) is 0 Å². The highest BCUT2D eigenvalue weighted by atomic mass is 31.1. The zero-order valence-electron chi connectivity index (χ0n) is 4.86. The first-order valence-corrected chi connectivity index (χ1v) is 3.47. The van der Waals surface area contributed by atoms with Crippen molar-refractivity contribution in [2.24, 2.45) is 0 Å². The van der Waals surface area contributed by atoms with Gasteiger partial charge in [0, 0.05) is 4.57 Å². The highest BCUT2D eigenvalue weighted by Crippen LogP contribution is 2.13. The van der Waals surface area contributed by atoms with E-state index in [1.165, 1.54) is 0 Å². The van der Waals surface area contributed by atoms with Crippen molar-refractivity contribution in [2.45, 2.75) is 0 Å². The van der Waals surface area contributed by atoms with E-state index in [1.807, 2.05) is 0 Å². The van der Waals surface area contributed by atoms with E-state index in [4.69, 9.17) is 4.89 Å². The van der Waals surface area contributed by atoms with Crippen LogP contribution in [-0.2, 0) is 9.09 Å². The maximum absolute atomic E-state index is 9.83. The predicted octanol–water partition coefficient (Wildman–Crippen LogP) is 1.39. The molecule has 1 N–H and O–H groups in total. The maximum atomic E-state index is 9.83. The minimum Gasteiger partial charge on any atom is -0.133 e. The summed E-state index contributed by atoms with van der Waals surface area (Å²) in [5, 5.41) is 0. The molecule has 0 fully saturated rings. The van der Waals surface area contributed by atoms with E-state index in [9.17, 15) is 4.57 Å². The third kappa shape index (κ3) is 7.50. The molecular formula is C5H8O3P+. The molecule has 0 saturated carbocycles. The highest BCUT2D eigenvalue weighted by Gasteiger charge is 2.07. The molecule has 0 aliphatic carbocycles. The van der Waals surface area contributed by atoms with Crippen LogP contribution in [-0.4, -0.2) is 11.5 Å². The van der Waals surface area contributed by atoms with Crippen LogP contribution in [0, 0.1) is 0 Å². The molecule has 0 aromatic rings. The number of allylic oxidation sites excluding steroid dienone is 2. The van der Waals surface area contributed by atoms with Gasteiger partial charge < -0.3 is 0 Å². The Morgan fingerprint density at radius 2 is 2.44 bits per heavy atom. The second-order valence-corrected chi connectivity index (χ2v) is 1.93.